The van der Waals surface area contributed by atoms with Gasteiger partial charge < -0.3 is 39.3 Å². The molecular weight excluding hydrogens is 678 g/mol. The molecule has 0 aliphatic carbocycles. The highest BCUT2D eigenvalue weighted by Crippen LogP contribution is 2.32. The minimum Gasteiger partial charge on any atom is -0.480 e. The zero-order valence-corrected chi connectivity index (χ0v) is 28.8. The number of benzene rings is 1. The van der Waals surface area contributed by atoms with Gasteiger partial charge in [-0.05, 0) is 46.2 Å². The van der Waals surface area contributed by atoms with Crippen molar-refractivity contribution in [3.8, 4) is 11.6 Å². The van der Waals surface area contributed by atoms with Gasteiger partial charge in [-0.3, -0.25) is 19.2 Å². The Morgan fingerprint density at radius 2 is 1.69 bits per heavy atom. The third-order valence-corrected chi connectivity index (χ3v) is 7.91. The van der Waals surface area contributed by atoms with Crippen molar-refractivity contribution in [2.75, 3.05) is 45.9 Å². The molecule has 1 aromatic carbocycles. The predicted octanol–water partition coefficient (Wildman–Crippen LogP) is 2.09. The molecule has 2 aliphatic rings. The van der Waals surface area contributed by atoms with Crippen LogP contribution in [0, 0.1) is 0 Å². The number of alkyl halides is 2. The number of carboxylic acid groups (broad SMARTS) is 1. The highest BCUT2D eigenvalue weighted by Gasteiger charge is 2.50. The molecule has 4 amide bonds. The van der Waals surface area contributed by atoms with Gasteiger partial charge in [-0.15, -0.1) is 0 Å². The summed E-state index contributed by atoms with van der Waals surface area (Å²) in [4.78, 5) is 79.9. The maximum absolute atomic E-state index is 14.0. The van der Waals surface area contributed by atoms with E-state index in [9.17, 15) is 42.7 Å². The van der Waals surface area contributed by atoms with Gasteiger partial charge in [0.1, 0.15) is 17.7 Å². The fourth-order valence-corrected chi connectivity index (χ4v) is 5.54. The van der Waals surface area contributed by atoms with E-state index in [1.54, 1.807) is 58.0 Å². The molecular formula is C33H42F2N6O10. The number of aromatic nitrogens is 2. The van der Waals surface area contributed by atoms with Crippen LogP contribution in [0.15, 0.2) is 36.4 Å². The Labute approximate surface area is 292 Å². The minimum atomic E-state index is -3.39. The highest BCUT2D eigenvalue weighted by atomic mass is 19.3. The van der Waals surface area contributed by atoms with Crippen molar-refractivity contribution < 1.29 is 56.9 Å². The van der Waals surface area contributed by atoms with Crippen LogP contribution in [0.25, 0.3) is 5.69 Å². The van der Waals surface area contributed by atoms with Crippen LogP contribution in [-0.4, -0.2) is 135 Å². The second-order valence-corrected chi connectivity index (χ2v) is 13.0. The highest BCUT2D eigenvalue weighted by molar-refractivity contribution is 5.96. The number of hydrogen-bond donors (Lipinski definition) is 2. The minimum absolute atomic E-state index is 0.125. The topological polar surface area (TPSA) is 190 Å². The third kappa shape index (κ3) is 10.4. The Bertz CT molecular complexity index is 1600. The summed E-state index contributed by atoms with van der Waals surface area (Å²) in [5.41, 5.74) is -0.637. The maximum Gasteiger partial charge on any atom is 0.409 e. The van der Waals surface area contributed by atoms with Crippen molar-refractivity contribution in [1.82, 2.24) is 29.8 Å². The second-order valence-electron chi connectivity index (χ2n) is 13.0. The van der Waals surface area contributed by atoms with E-state index in [-0.39, 0.29) is 57.2 Å². The van der Waals surface area contributed by atoms with Gasteiger partial charge in [0.2, 0.25) is 11.8 Å². The van der Waals surface area contributed by atoms with E-state index in [2.05, 4.69) is 10.4 Å². The van der Waals surface area contributed by atoms with Crippen LogP contribution in [0.4, 0.5) is 13.6 Å². The van der Waals surface area contributed by atoms with Gasteiger partial charge in [0.15, 0.2) is 12.3 Å². The van der Waals surface area contributed by atoms with Gasteiger partial charge in [0.25, 0.3) is 17.7 Å². The lowest BCUT2D eigenvalue weighted by Crippen LogP contribution is -2.56. The quantitative estimate of drug-likeness (QED) is 0.306. The van der Waals surface area contributed by atoms with Gasteiger partial charge in [0.05, 0.1) is 18.8 Å². The molecule has 2 aromatic rings. The van der Waals surface area contributed by atoms with Gasteiger partial charge in [-0.1, -0.05) is 18.2 Å². The average Bonchev–Trinajstić information content (AvgIpc) is 3.66. The first-order chi connectivity index (χ1) is 24.0. The number of hydrogen-bond acceptors (Lipinski definition) is 10. The number of carbonyl (C=O) groups excluding carboxylic acids is 5. The van der Waals surface area contributed by atoms with E-state index in [1.165, 1.54) is 20.5 Å². The molecule has 2 aliphatic heterocycles. The standard InChI is InChI=1S/C33H42F2N6O10/c1-5-49-31(48)39-15-13-38(14-16-39)29(45)22(11-12-27(43)51-32(2,3)4)36-28(44)23-17-26(41(37-23)21-9-7-6-8-10-21)50-19-25(42)40-20-33(34,35)18-24(40)30(46)47/h6-10,17,22,24H,5,11-16,18-20H2,1-4H3,(H,36,44)(H,46,47). The van der Waals surface area contributed by atoms with Crippen molar-refractivity contribution >= 4 is 35.8 Å². The number of para-hydroxylation sites is 1. The van der Waals surface area contributed by atoms with Gasteiger partial charge in [-0.25, -0.2) is 23.1 Å². The summed E-state index contributed by atoms with van der Waals surface area (Å²) < 4.78 is 45.2. The molecule has 2 unspecified atom stereocenters. The third-order valence-electron chi connectivity index (χ3n) is 7.91. The smallest absolute Gasteiger partial charge is 0.409 e. The number of piperazine rings is 1. The zero-order valence-electron chi connectivity index (χ0n) is 28.8. The van der Waals surface area contributed by atoms with Crippen molar-refractivity contribution in [3.63, 3.8) is 0 Å². The lowest BCUT2D eigenvalue weighted by Gasteiger charge is -2.36. The summed E-state index contributed by atoms with van der Waals surface area (Å²) in [6.07, 6.45) is -1.87. The normalized spacial score (nSPS) is 17.8. The molecule has 0 spiro atoms. The second kappa shape index (κ2) is 16.2. The molecule has 18 heteroatoms. The molecule has 278 valence electrons. The van der Waals surface area contributed by atoms with E-state index in [4.69, 9.17) is 14.2 Å². The molecule has 1 aromatic heterocycles. The number of nitrogens with zero attached hydrogens (tertiary/aromatic N) is 5. The first-order valence-electron chi connectivity index (χ1n) is 16.4. The molecule has 3 heterocycles. The summed E-state index contributed by atoms with van der Waals surface area (Å²) in [6.45, 7) is 5.72. The summed E-state index contributed by atoms with van der Waals surface area (Å²) in [6, 6.07) is 6.53. The van der Waals surface area contributed by atoms with Crippen LogP contribution < -0.4 is 10.1 Å². The number of esters is 1. The molecule has 0 radical (unpaired) electrons. The maximum atomic E-state index is 14.0. The van der Waals surface area contributed by atoms with Crippen LogP contribution in [-0.2, 0) is 28.7 Å². The van der Waals surface area contributed by atoms with Crippen molar-refractivity contribution in [2.45, 2.75) is 70.6 Å². The number of rotatable bonds is 12. The van der Waals surface area contributed by atoms with Gasteiger partial charge in [0, 0.05) is 45.1 Å². The van der Waals surface area contributed by atoms with E-state index in [1.807, 2.05) is 0 Å². The predicted molar refractivity (Wildman–Crippen MR) is 173 cm³/mol. The lowest BCUT2D eigenvalue weighted by molar-refractivity contribution is -0.155. The van der Waals surface area contributed by atoms with Crippen LogP contribution in [0.3, 0.4) is 0 Å². The van der Waals surface area contributed by atoms with Gasteiger partial charge in [-0.2, -0.15) is 5.10 Å². The molecule has 2 atom stereocenters. The number of carboxylic acids is 1. The van der Waals surface area contributed by atoms with E-state index < -0.39 is 78.9 Å². The van der Waals surface area contributed by atoms with Crippen molar-refractivity contribution in [1.29, 1.82) is 0 Å². The molecule has 16 nitrogen and oxygen atoms in total. The van der Waals surface area contributed by atoms with E-state index in [0.717, 1.165) is 0 Å². The largest absolute Gasteiger partial charge is 0.480 e. The molecule has 0 bridgehead atoms. The Hall–Kier alpha value is -5.29. The number of aliphatic carboxylic acids is 1. The lowest BCUT2D eigenvalue weighted by atomic mass is 10.1. The monoisotopic (exact) mass is 720 g/mol. The summed E-state index contributed by atoms with van der Waals surface area (Å²) in [5, 5.41) is 16.3. The molecule has 4 rings (SSSR count). The SMILES string of the molecule is CCOC(=O)N1CCN(C(=O)C(CCC(=O)OC(C)(C)C)NC(=O)c2cc(OCC(=O)N3CC(F)(F)CC3C(=O)O)n(-c3ccccc3)n2)CC1. The fraction of sp³-hybridized carbons (Fsp3) is 0.545. The molecule has 2 fully saturated rings. The van der Waals surface area contributed by atoms with Crippen LogP contribution in [0.5, 0.6) is 5.88 Å². The summed E-state index contributed by atoms with van der Waals surface area (Å²) in [7, 11) is 0. The van der Waals surface area contributed by atoms with Crippen molar-refractivity contribution in [3.05, 3.63) is 42.1 Å². The van der Waals surface area contributed by atoms with E-state index in [0.29, 0.717) is 10.6 Å². The zero-order chi connectivity index (χ0) is 37.5. The molecule has 2 saturated heterocycles. The van der Waals surface area contributed by atoms with Crippen LogP contribution in [0.1, 0.15) is 57.4 Å². The first-order valence-corrected chi connectivity index (χ1v) is 16.4. The molecule has 0 saturated carbocycles. The number of halogens is 2. The van der Waals surface area contributed by atoms with Gasteiger partial charge >= 0.3 is 18.0 Å². The Morgan fingerprint density at radius 1 is 1.04 bits per heavy atom. The summed E-state index contributed by atoms with van der Waals surface area (Å²) >= 11 is 0. The fourth-order valence-electron chi connectivity index (χ4n) is 5.54. The number of carbonyl (C=O) groups is 6. The summed E-state index contributed by atoms with van der Waals surface area (Å²) in [5.74, 6) is -8.05. The van der Waals surface area contributed by atoms with Crippen LogP contribution in [0.2, 0.25) is 0 Å². The Balaban J connectivity index is 1.53. The average molecular weight is 721 g/mol. The Kier molecular flexibility index (Phi) is 12.2. The number of nitrogens with one attached hydrogen (secondary N) is 1. The Morgan fingerprint density at radius 3 is 2.29 bits per heavy atom. The molecule has 51 heavy (non-hydrogen) atoms. The first kappa shape index (κ1) is 38.5. The number of amides is 4. The number of likely N-dealkylation sites (tertiary alicyclic amines) is 1. The van der Waals surface area contributed by atoms with E-state index >= 15 is 0 Å². The van der Waals surface area contributed by atoms with Crippen LogP contribution >= 0.6 is 0 Å². The number of ether oxygens (including phenoxy) is 3. The molecule has 2 N–H and O–H groups in total. The van der Waals surface area contributed by atoms with Crippen molar-refractivity contribution in [2.24, 2.45) is 0 Å².